The number of hydrogen-bond donors (Lipinski definition) is 0. The monoisotopic (exact) mass is 269 g/mol. The van der Waals surface area contributed by atoms with E-state index in [2.05, 4.69) is 9.97 Å². The number of aromatic nitrogens is 2. The molecule has 1 fully saturated rings. The fourth-order valence-corrected chi connectivity index (χ4v) is 2.28. The van der Waals surface area contributed by atoms with Gasteiger partial charge >= 0.3 is 0 Å². The van der Waals surface area contributed by atoms with Crippen molar-refractivity contribution in [1.82, 2.24) is 14.9 Å². The van der Waals surface area contributed by atoms with Crippen molar-refractivity contribution in [2.24, 2.45) is 0 Å². The summed E-state index contributed by atoms with van der Waals surface area (Å²) in [5.41, 5.74) is 0.104. The van der Waals surface area contributed by atoms with Gasteiger partial charge in [0.2, 0.25) is 0 Å². The summed E-state index contributed by atoms with van der Waals surface area (Å²) in [6, 6.07) is 0. The zero-order valence-corrected chi connectivity index (χ0v) is 11.2. The van der Waals surface area contributed by atoms with Crippen molar-refractivity contribution >= 4 is 17.5 Å². The van der Waals surface area contributed by atoms with Gasteiger partial charge in [-0.3, -0.25) is 4.79 Å². The number of hydrogen-bond acceptors (Lipinski definition) is 4. The highest BCUT2D eigenvalue weighted by Gasteiger charge is 2.35. The number of alkyl halides is 1. The minimum atomic E-state index is -0.386. The summed E-state index contributed by atoms with van der Waals surface area (Å²) < 4.78 is 5.78. The molecular formula is C12H16ClN3O2. The lowest BCUT2D eigenvalue weighted by atomic mass is 10.0. The molecule has 1 unspecified atom stereocenters. The molecule has 5 nitrogen and oxygen atoms in total. The molecule has 0 aliphatic carbocycles. The summed E-state index contributed by atoms with van der Waals surface area (Å²) in [5.74, 6) is 0.292. The summed E-state index contributed by atoms with van der Waals surface area (Å²) >= 11 is 5.84. The van der Waals surface area contributed by atoms with Crippen LogP contribution >= 0.6 is 11.6 Å². The number of rotatable bonds is 2. The number of ether oxygens (including phenoxy) is 1. The lowest BCUT2D eigenvalue weighted by Crippen LogP contribution is -2.55. The third kappa shape index (κ3) is 2.97. The van der Waals surface area contributed by atoms with Gasteiger partial charge < -0.3 is 9.64 Å². The van der Waals surface area contributed by atoms with Crippen LogP contribution in [0.1, 0.15) is 24.2 Å². The van der Waals surface area contributed by atoms with E-state index in [1.54, 1.807) is 4.90 Å². The van der Waals surface area contributed by atoms with E-state index in [0.29, 0.717) is 24.5 Å². The van der Waals surface area contributed by atoms with E-state index < -0.39 is 0 Å². The Hall–Kier alpha value is -1.20. The van der Waals surface area contributed by atoms with E-state index >= 15 is 0 Å². The standard InChI is InChI=1S/C12H16ClN3O2/c1-12(2)7-16(6-10(3-13)18-12)11(17)9-4-14-8-15-5-9/h4-5,8,10H,3,6-7H2,1-2H3. The summed E-state index contributed by atoms with van der Waals surface area (Å²) in [6.45, 7) is 4.94. The third-order valence-corrected chi connectivity index (χ3v) is 3.09. The van der Waals surface area contributed by atoms with Gasteiger partial charge in [-0.1, -0.05) is 0 Å². The molecule has 6 heteroatoms. The minimum Gasteiger partial charge on any atom is -0.367 e. The van der Waals surface area contributed by atoms with Gasteiger partial charge in [0.25, 0.3) is 5.91 Å². The molecule has 98 valence electrons. The quantitative estimate of drug-likeness (QED) is 0.760. The topological polar surface area (TPSA) is 55.3 Å². The molecule has 1 aromatic heterocycles. The van der Waals surface area contributed by atoms with Crippen LogP contribution in [0.2, 0.25) is 0 Å². The maximum Gasteiger partial charge on any atom is 0.257 e. The molecule has 1 aliphatic heterocycles. The van der Waals surface area contributed by atoms with Gasteiger partial charge in [-0.15, -0.1) is 11.6 Å². The van der Waals surface area contributed by atoms with Crippen molar-refractivity contribution in [3.05, 3.63) is 24.3 Å². The predicted molar refractivity (Wildman–Crippen MR) is 67.6 cm³/mol. The fraction of sp³-hybridized carbons (Fsp3) is 0.583. The highest BCUT2D eigenvalue weighted by Crippen LogP contribution is 2.22. The van der Waals surface area contributed by atoms with Crippen LogP contribution in [0.3, 0.4) is 0 Å². The summed E-state index contributed by atoms with van der Waals surface area (Å²) in [5, 5.41) is 0. The van der Waals surface area contributed by atoms with E-state index in [0.717, 1.165) is 0 Å². The lowest BCUT2D eigenvalue weighted by Gasteiger charge is -2.42. The molecule has 1 saturated heterocycles. The van der Waals surface area contributed by atoms with Gasteiger partial charge in [0, 0.05) is 25.5 Å². The van der Waals surface area contributed by atoms with Crippen molar-refractivity contribution in [2.75, 3.05) is 19.0 Å². The van der Waals surface area contributed by atoms with Crippen LogP contribution in [-0.2, 0) is 4.74 Å². The van der Waals surface area contributed by atoms with E-state index in [1.807, 2.05) is 13.8 Å². The summed E-state index contributed by atoms with van der Waals surface area (Å²) in [6.07, 6.45) is 4.31. The molecule has 2 rings (SSSR count). The Morgan fingerprint density at radius 3 is 2.83 bits per heavy atom. The van der Waals surface area contributed by atoms with Crippen LogP contribution < -0.4 is 0 Å². The number of nitrogens with zero attached hydrogens (tertiary/aromatic N) is 3. The molecule has 1 aromatic rings. The molecule has 0 saturated carbocycles. The number of morpholine rings is 1. The third-order valence-electron chi connectivity index (χ3n) is 2.75. The molecule has 18 heavy (non-hydrogen) atoms. The zero-order chi connectivity index (χ0) is 13.2. The van der Waals surface area contributed by atoms with Gasteiger partial charge in [-0.05, 0) is 13.8 Å². The average Bonchev–Trinajstić information content (AvgIpc) is 2.37. The molecule has 0 spiro atoms. The Balaban J connectivity index is 2.15. The predicted octanol–water partition coefficient (Wildman–Crippen LogP) is 1.34. The van der Waals surface area contributed by atoms with Crippen molar-refractivity contribution < 1.29 is 9.53 Å². The van der Waals surface area contributed by atoms with Gasteiger partial charge in [-0.25, -0.2) is 9.97 Å². The van der Waals surface area contributed by atoms with Crippen LogP contribution in [0.15, 0.2) is 18.7 Å². The van der Waals surface area contributed by atoms with Crippen molar-refractivity contribution in [3.8, 4) is 0 Å². The molecule has 2 heterocycles. The molecule has 1 amide bonds. The van der Waals surface area contributed by atoms with E-state index in [4.69, 9.17) is 16.3 Å². The largest absolute Gasteiger partial charge is 0.367 e. The first-order valence-corrected chi connectivity index (χ1v) is 6.33. The number of halogens is 1. The molecule has 1 atom stereocenters. The molecule has 1 aliphatic rings. The second-order valence-corrected chi connectivity index (χ2v) is 5.28. The Bertz CT molecular complexity index is 425. The minimum absolute atomic E-state index is 0.0814. The van der Waals surface area contributed by atoms with Crippen LogP contribution in [0, 0.1) is 0 Å². The second-order valence-electron chi connectivity index (χ2n) is 4.97. The van der Waals surface area contributed by atoms with Crippen molar-refractivity contribution in [2.45, 2.75) is 25.6 Å². The normalized spacial score (nSPS) is 22.8. The molecule has 0 N–H and O–H groups in total. The lowest BCUT2D eigenvalue weighted by molar-refractivity contribution is -0.117. The van der Waals surface area contributed by atoms with Crippen LogP contribution in [-0.4, -0.2) is 51.4 Å². The van der Waals surface area contributed by atoms with E-state index in [-0.39, 0.29) is 17.6 Å². The molecule has 0 radical (unpaired) electrons. The first-order chi connectivity index (χ1) is 8.52. The maximum absolute atomic E-state index is 12.3. The SMILES string of the molecule is CC1(C)CN(C(=O)c2cncnc2)CC(CCl)O1. The van der Waals surface area contributed by atoms with Crippen LogP contribution in [0.5, 0.6) is 0 Å². The Morgan fingerprint density at radius 2 is 2.22 bits per heavy atom. The summed E-state index contributed by atoms with van der Waals surface area (Å²) in [4.78, 5) is 21.8. The Kier molecular flexibility index (Phi) is 3.82. The van der Waals surface area contributed by atoms with Gasteiger partial charge in [-0.2, -0.15) is 0 Å². The highest BCUT2D eigenvalue weighted by molar-refractivity contribution is 6.18. The summed E-state index contributed by atoms with van der Waals surface area (Å²) in [7, 11) is 0. The Labute approximate surface area is 111 Å². The zero-order valence-electron chi connectivity index (χ0n) is 10.5. The number of amides is 1. The molecular weight excluding hydrogens is 254 g/mol. The van der Waals surface area contributed by atoms with Crippen molar-refractivity contribution in [1.29, 1.82) is 0 Å². The van der Waals surface area contributed by atoms with Gasteiger partial charge in [0.15, 0.2) is 0 Å². The Morgan fingerprint density at radius 1 is 1.56 bits per heavy atom. The van der Waals surface area contributed by atoms with E-state index in [9.17, 15) is 4.79 Å². The van der Waals surface area contributed by atoms with E-state index in [1.165, 1.54) is 18.7 Å². The molecule has 0 bridgehead atoms. The number of carbonyl (C=O) groups excluding carboxylic acids is 1. The number of carbonyl (C=O) groups is 1. The van der Waals surface area contributed by atoms with Gasteiger partial charge in [0.1, 0.15) is 6.33 Å². The molecule has 0 aromatic carbocycles. The van der Waals surface area contributed by atoms with Gasteiger partial charge in [0.05, 0.1) is 23.1 Å². The van der Waals surface area contributed by atoms with Crippen LogP contribution in [0.25, 0.3) is 0 Å². The first-order valence-electron chi connectivity index (χ1n) is 5.80. The average molecular weight is 270 g/mol. The fourth-order valence-electron chi connectivity index (χ4n) is 2.12. The highest BCUT2D eigenvalue weighted by atomic mass is 35.5. The van der Waals surface area contributed by atoms with Crippen molar-refractivity contribution in [3.63, 3.8) is 0 Å². The smallest absolute Gasteiger partial charge is 0.257 e. The second kappa shape index (κ2) is 5.20. The first kappa shape index (κ1) is 13.2. The van der Waals surface area contributed by atoms with Crippen LogP contribution in [0.4, 0.5) is 0 Å². The maximum atomic E-state index is 12.3.